The summed E-state index contributed by atoms with van der Waals surface area (Å²) in [4.78, 5) is 8.20. The Morgan fingerprint density at radius 2 is 2.22 bits per heavy atom. The Hall–Kier alpha value is -1.07. The number of halogens is 1. The van der Waals surface area contributed by atoms with Crippen LogP contribution >= 0.6 is 11.6 Å². The SMILES string of the molecule is CNc1c(Cl)ncnc1NC1CCOC(C)(C)C1. The van der Waals surface area contributed by atoms with E-state index < -0.39 is 0 Å². The zero-order valence-corrected chi connectivity index (χ0v) is 11.7. The average Bonchev–Trinajstić information content (AvgIpc) is 2.28. The number of hydrogen-bond acceptors (Lipinski definition) is 5. The van der Waals surface area contributed by atoms with E-state index in [0.29, 0.717) is 11.2 Å². The van der Waals surface area contributed by atoms with Gasteiger partial charge in [0.25, 0.3) is 0 Å². The third kappa shape index (κ3) is 3.03. The summed E-state index contributed by atoms with van der Waals surface area (Å²) >= 11 is 6.02. The van der Waals surface area contributed by atoms with Gasteiger partial charge in [0, 0.05) is 19.7 Å². The van der Waals surface area contributed by atoms with Gasteiger partial charge in [-0.05, 0) is 26.7 Å². The third-order valence-electron chi connectivity index (χ3n) is 3.09. The molecule has 1 atom stereocenters. The van der Waals surface area contributed by atoms with Crippen LogP contribution in [0.2, 0.25) is 5.15 Å². The van der Waals surface area contributed by atoms with Crippen LogP contribution in [0.1, 0.15) is 26.7 Å². The fraction of sp³-hybridized carbons (Fsp3) is 0.667. The summed E-state index contributed by atoms with van der Waals surface area (Å²) in [6, 6.07) is 0.340. The Labute approximate surface area is 112 Å². The minimum atomic E-state index is -0.0907. The predicted octanol–water partition coefficient (Wildman–Crippen LogP) is 2.54. The highest BCUT2D eigenvalue weighted by atomic mass is 35.5. The molecular weight excluding hydrogens is 252 g/mol. The molecule has 1 unspecified atom stereocenters. The molecule has 0 bridgehead atoms. The molecule has 0 spiro atoms. The Bertz CT molecular complexity index is 425. The second kappa shape index (κ2) is 5.28. The van der Waals surface area contributed by atoms with Crippen LogP contribution < -0.4 is 10.6 Å². The van der Waals surface area contributed by atoms with Gasteiger partial charge in [0.05, 0.1) is 5.60 Å². The van der Waals surface area contributed by atoms with Gasteiger partial charge in [-0.1, -0.05) is 11.6 Å². The van der Waals surface area contributed by atoms with E-state index in [4.69, 9.17) is 16.3 Å². The summed E-state index contributed by atoms with van der Waals surface area (Å²) in [6.07, 6.45) is 3.38. The molecule has 18 heavy (non-hydrogen) atoms. The molecule has 6 heteroatoms. The van der Waals surface area contributed by atoms with Crippen LogP contribution in [0.15, 0.2) is 6.33 Å². The van der Waals surface area contributed by atoms with Crippen LogP contribution in [0.3, 0.4) is 0 Å². The first-order valence-electron chi connectivity index (χ1n) is 6.10. The molecular formula is C12H19ClN4O. The maximum absolute atomic E-state index is 6.02. The Morgan fingerprint density at radius 1 is 1.44 bits per heavy atom. The monoisotopic (exact) mass is 270 g/mol. The number of anilines is 2. The first kappa shape index (κ1) is 13.4. The molecule has 1 aliphatic rings. The highest BCUT2D eigenvalue weighted by Crippen LogP contribution is 2.30. The lowest BCUT2D eigenvalue weighted by atomic mass is 9.94. The summed E-state index contributed by atoms with van der Waals surface area (Å²) in [5.41, 5.74) is 0.649. The van der Waals surface area contributed by atoms with Crippen molar-refractivity contribution in [2.45, 2.75) is 38.3 Å². The molecule has 2 rings (SSSR count). The van der Waals surface area contributed by atoms with Crippen molar-refractivity contribution in [2.24, 2.45) is 0 Å². The van der Waals surface area contributed by atoms with Crippen LogP contribution in [0.4, 0.5) is 11.5 Å². The van der Waals surface area contributed by atoms with Crippen molar-refractivity contribution in [3.63, 3.8) is 0 Å². The molecule has 1 saturated heterocycles. The highest BCUT2D eigenvalue weighted by molar-refractivity contribution is 6.32. The van der Waals surface area contributed by atoms with Gasteiger partial charge in [0.15, 0.2) is 11.0 Å². The number of nitrogens with zero attached hydrogens (tertiary/aromatic N) is 2. The normalized spacial score (nSPS) is 22.6. The lowest BCUT2D eigenvalue weighted by molar-refractivity contribution is -0.0553. The van der Waals surface area contributed by atoms with Crippen molar-refractivity contribution in [3.05, 3.63) is 11.5 Å². The Kier molecular flexibility index (Phi) is 3.92. The van der Waals surface area contributed by atoms with Gasteiger partial charge in [-0.2, -0.15) is 0 Å². The van der Waals surface area contributed by atoms with E-state index in [0.717, 1.165) is 31.0 Å². The minimum absolute atomic E-state index is 0.0907. The molecule has 0 aromatic carbocycles. The van der Waals surface area contributed by atoms with Crippen molar-refractivity contribution < 1.29 is 4.74 Å². The molecule has 1 aliphatic heterocycles. The van der Waals surface area contributed by atoms with E-state index in [-0.39, 0.29) is 5.60 Å². The topological polar surface area (TPSA) is 59.1 Å². The lowest BCUT2D eigenvalue weighted by Crippen LogP contribution is -2.40. The largest absolute Gasteiger partial charge is 0.383 e. The fourth-order valence-electron chi connectivity index (χ4n) is 2.24. The Balaban J connectivity index is 2.12. The quantitative estimate of drug-likeness (QED) is 0.827. The van der Waals surface area contributed by atoms with Crippen molar-refractivity contribution in [2.75, 3.05) is 24.3 Å². The van der Waals surface area contributed by atoms with E-state index >= 15 is 0 Å². The fourth-order valence-corrected chi connectivity index (χ4v) is 2.47. The van der Waals surface area contributed by atoms with Crippen LogP contribution in [-0.2, 0) is 4.74 Å². The van der Waals surface area contributed by atoms with Crippen LogP contribution in [0, 0.1) is 0 Å². The second-order valence-corrected chi connectivity index (χ2v) is 5.44. The van der Waals surface area contributed by atoms with E-state index in [1.54, 1.807) is 0 Å². The Morgan fingerprint density at radius 3 is 2.89 bits per heavy atom. The highest BCUT2D eigenvalue weighted by Gasteiger charge is 2.29. The third-order valence-corrected chi connectivity index (χ3v) is 3.38. The zero-order valence-electron chi connectivity index (χ0n) is 11.0. The van der Waals surface area contributed by atoms with E-state index in [1.165, 1.54) is 6.33 Å². The zero-order chi connectivity index (χ0) is 13.2. The molecule has 100 valence electrons. The summed E-state index contributed by atoms with van der Waals surface area (Å²) in [5, 5.41) is 6.87. The van der Waals surface area contributed by atoms with Gasteiger partial charge in [0.2, 0.25) is 0 Å². The number of rotatable bonds is 3. The number of aromatic nitrogens is 2. The van der Waals surface area contributed by atoms with E-state index in [1.807, 2.05) is 7.05 Å². The molecule has 2 N–H and O–H groups in total. The first-order valence-corrected chi connectivity index (χ1v) is 6.48. The molecule has 5 nitrogen and oxygen atoms in total. The summed E-state index contributed by atoms with van der Waals surface area (Å²) in [7, 11) is 1.81. The van der Waals surface area contributed by atoms with E-state index in [2.05, 4.69) is 34.4 Å². The summed E-state index contributed by atoms with van der Waals surface area (Å²) < 4.78 is 5.70. The molecule has 1 aromatic rings. The van der Waals surface area contributed by atoms with Crippen LogP contribution in [0.25, 0.3) is 0 Å². The minimum Gasteiger partial charge on any atom is -0.383 e. The summed E-state index contributed by atoms with van der Waals surface area (Å²) in [6.45, 7) is 4.97. The standard InChI is InChI=1S/C12H19ClN4O/c1-12(2)6-8(4-5-18-12)17-11-9(14-3)10(13)15-7-16-11/h7-8,14H,4-6H2,1-3H3,(H,15,16,17). The first-order chi connectivity index (χ1) is 8.52. The van der Waals surface area contributed by atoms with Crippen LogP contribution in [0.5, 0.6) is 0 Å². The molecule has 1 aromatic heterocycles. The molecule has 0 amide bonds. The molecule has 2 heterocycles. The predicted molar refractivity (Wildman–Crippen MR) is 73.3 cm³/mol. The number of hydrogen-bond donors (Lipinski definition) is 2. The second-order valence-electron chi connectivity index (χ2n) is 5.08. The van der Waals surface area contributed by atoms with Gasteiger partial charge in [-0.15, -0.1) is 0 Å². The molecule has 0 radical (unpaired) electrons. The van der Waals surface area contributed by atoms with Crippen LogP contribution in [-0.4, -0.2) is 35.3 Å². The molecule has 0 aliphatic carbocycles. The van der Waals surface area contributed by atoms with Gasteiger partial charge in [-0.25, -0.2) is 9.97 Å². The lowest BCUT2D eigenvalue weighted by Gasteiger charge is -2.36. The number of nitrogens with one attached hydrogen (secondary N) is 2. The maximum atomic E-state index is 6.02. The maximum Gasteiger partial charge on any atom is 0.157 e. The van der Waals surface area contributed by atoms with Gasteiger partial charge in [-0.3, -0.25) is 0 Å². The molecule has 1 fully saturated rings. The van der Waals surface area contributed by atoms with Crippen molar-refractivity contribution in [1.82, 2.24) is 9.97 Å². The van der Waals surface area contributed by atoms with Gasteiger partial charge >= 0.3 is 0 Å². The van der Waals surface area contributed by atoms with Gasteiger partial charge < -0.3 is 15.4 Å². The van der Waals surface area contributed by atoms with Crippen molar-refractivity contribution in [3.8, 4) is 0 Å². The van der Waals surface area contributed by atoms with E-state index in [9.17, 15) is 0 Å². The smallest absolute Gasteiger partial charge is 0.157 e. The average molecular weight is 271 g/mol. The van der Waals surface area contributed by atoms with Crippen molar-refractivity contribution >= 4 is 23.1 Å². The molecule has 0 saturated carbocycles. The number of ether oxygens (including phenoxy) is 1. The van der Waals surface area contributed by atoms with Crippen molar-refractivity contribution in [1.29, 1.82) is 0 Å². The van der Waals surface area contributed by atoms with Gasteiger partial charge in [0.1, 0.15) is 12.0 Å². The summed E-state index contributed by atoms with van der Waals surface area (Å²) in [5.74, 6) is 0.750.